The van der Waals surface area contributed by atoms with Crippen LogP contribution in [0.15, 0.2) is 48.5 Å². The van der Waals surface area contributed by atoms with Gasteiger partial charge in [-0.25, -0.2) is 0 Å². The van der Waals surface area contributed by atoms with Crippen LogP contribution in [0.4, 0.5) is 11.4 Å². The maximum absolute atomic E-state index is 12.0. The van der Waals surface area contributed by atoms with Crippen molar-refractivity contribution < 1.29 is 9.53 Å². The molecule has 1 amide bonds. The summed E-state index contributed by atoms with van der Waals surface area (Å²) in [4.78, 5) is 16.7. The largest absolute Gasteiger partial charge is 0.484 e. The van der Waals surface area contributed by atoms with Crippen LogP contribution in [0, 0.1) is 0 Å². The second-order valence-electron chi connectivity index (χ2n) is 6.69. The lowest BCUT2D eigenvalue weighted by atomic mass is 10.2. The Morgan fingerprint density at radius 3 is 2.52 bits per heavy atom. The van der Waals surface area contributed by atoms with Crippen molar-refractivity contribution in [2.24, 2.45) is 0 Å². The van der Waals surface area contributed by atoms with Gasteiger partial charge in [0.05, 0.1) is 10.7 Å². The fraction of sp³-hybridized carbons (Fsp3) is 0.333. The van der Waals surface area contributed by atoms with Crippen LogP contribution in [-0.2, 0) is 4.79 Å². The molecule has 1 fully saturated rings. The molecular weight excluding hydrogens is 408 g/mol. The molecule has 8 heteroatoms. The maximum Gasteiger partial charge on any atom is 0.264 e. The lowest BCUT2D eigenvalue weighted by Gasteiger charge is -2.36. The highest BCUT2D eigenvalue weighted by atomic mass is 35.5. The lowest BCUT2D eigenvalue weighted by molar-refractivity contribution is -0.121. The van der Waals surface area contributed by atoms with Gasteiger partial charge in [0.2, 0.25) is 0 Å². The van der Waals surface area contributed by atoms with E-state index in [0.29, 0.717) is 10.8 Å². The molecule has 0 atom stereocenters. The maximum atomic E-state index is 12.0. The highest BCUT2D eigenvalue weighted by molar-refractivity contribution is 7.80. The molecule has 0 aromatic heterocycles. The van der Waals surface area contributed by atoms with Gasteiger partial charge in [-0.2, -0.15) is 0 Å². The summed E-state index contributed by atoms with van der Waals surface area (Å²) in [7, 11) is 0. The number of ether oxygens (including phenoxy) is 1. The van der Waals surface area contributed by atoms with E-state index in [-0.39, 0.29) is 17.6 Å². The molecule has 1 aliphatic rings. The van der Waals surface area contributed by atoms with Crippen LogP contribution in [-0.4, -0.2) is 55.3 Å². The predicted molar refractivity (Wildman–Crippen MR) is 122 cm³/mol. The van der Waals surface area contributed by atoms with Crippen LogP contribution in [0.25, 0.3) is 0 Å². The number of hydrogen-bond acceptors (Lipinski definition) is 5. The minimum atomic E-state index is -0.331. The summed E-state index contributed by atoms with van der Waals surface area (Å²) in [5.74, 6) is 0.298. The SMILES string of the molecule is CCN1CCN(c2ccc(NC(=S)NC(=O)COc3ccccc3)cc2Cl)CC1. The Morgan fingerprint density at radius 2 is 1.86 bits per heavy atom. The highest BCUT2D eigenvalue weighted by Crippen LogP contribution is 2.29. The van der Waals surface area contributed by atoms with E-state index in [4.69, 9.17) is 28.6 Å². The third-order valence-electron chi connectivity index (χ3n) is 4.73. The Labute approximate surface area is 181 Å². The first-order chi connectivity index (χ1) is 14.0. The smallest absolute Gasteiger partial charge is 0.264 e. The average molecular weight is 433 g/mol. The molecule has 6 nitrogen and oxygen atoms in total. The number of benzene rings is 2. The van der Waals surface area contributed by atoms with Crippen molar-refractivity contribution in [1.82, 2.24) is 10.2 Å². The van der Waals surface area contributed by atoms with Gasteiger partial charge < -0.3 is 19.9 Å². The van der Waals surface area contributed by atoms with Crippen molar-refractivity contribution in [3.63, 3.8) is 0 Å². The normalized spacial score (nSPS) is 14.3. The van der Waals surface area contributed by atoms with Crippen LogP contribution in [0.1, 0.15) is 6.92 Å². The van der Waals surface area contributed by atoms with E-state index in [1.807, 2.05) is 36.4 Å². The van der Waals surface area contributed by atoms with Crippen LogP contribution < -0.4 is 20.3 Å². The zero-order chi connectivity index (χ0) is 20.6. The van der Waals surface area contributed by atoms with Gasteiger partial charge in [-0.15, -0.1) is 0 Å². The molecule has 2 aromatic rings. The number of nitrogens with zero attached hydrogens (tertiary/aromatic N) is 2. The molecular formula is C21H25ClN4O2S. The summed E-state index contributed by atoms with van der Waals surface area (Å²) < 4.78 is 5.41. The minimum absolute atomic E-state index is 0.116. The number of piperazine rings is 1. The number of carbonyl (C=O) groups excluding carboxylic acids is 1. The molecule has 0 unspecified atom stereocenters. The van der Waals surface area contributed by atoms with Gasteiger partial charge in [0.15, 0.2) is 11.7 Å². The van der Waals surface area contributed by atoms with Gasteiger partial charge in [0.1, 0.15) is 5.75 Å². The average Bonchev–Trinajstić information content (AvgIpc) is 2.73. The first kappa shape index (κ1) is 21.4. The molecule has 1 heterocycles. The zero-order valence-corrected chi connectivity index (χ0v) is 17.9. The number of amides is 1. The number of anilines is 2. The van der Waals surface area contributed by atoms with E-state index in [2.05, 4.69) is 27.4 Å². The number of nitrogens with one attached hydrogen (secondary N) is 2. The van der Waals surface area contributed by atoms with E-state index < -0.39 is 0 Å². The number of thiocarbonyl (C=S) groups is 1. The second kappa shape index (κ2) is 10.4. The number of likely N-dealkylation sites (N-methyl/N-ethyl adjacent to an activating group) is 1. The Kier molecular flexibility index (Phi) is 7.69. The number of para-hydroxylation sites is 1. The van der Waals surface area contributed by atoms with E-state index >= 15 is 0 Å². The monoisotopic (exact) mass is 432 g/mol. The molecule has 29 heavy (non-hydrogen) atoms. The van der Waals surface area contributed by atoms with Crippen molar-refractivity contribution >= 4 is 46.2 Å². The Morgan fingerprint density at radius 1 is 1.14 bits per heavy atom. The van der Waals surface area contributed by atoms with Crippen LogP contribution >= 0.6 is 23.8 Å². The second-order valence-corrected chi connectivity index (χ2v) is 7.51. The molecule has 1 saturated heterocycles. The van der Waals surface area contributed by atoms with Gasteiger partial charge in [0, 0.05) is 31.9 Å². The predicted octanol–water partition coefficient (Wildman–Crippen LogP) is 3.37. The van der Waals surface area contributed by atoms with E-state index in [0.717, 1.165) is 44.1 Å². The van der Waals surface area contributed by atoms with Crippen molar-refractivity contribution in [2.75, 3.05) is 49.5 Å². The summed E-state index contributed by atoms with van der Waals surface area (Å²) in [6.45, 7) is 7.12. The number of carbonyl (C=O) groups is 1. The van der Waals surface area contributed by atoms with Crippen LogP contribution in [0.3, 0.4) is 0 Å². The van der Waals surface area contributed by atoms with E-state index in [1.54, 1.807) is 12.1 Å². The number of hydrogen-bond donors (Lipinski definition) is 2. The molecule has 0 aliphatic carbocycles. The fourth-order valence-corrected chi connectivity index (χ4v) is 3.67. The van der Waals surface area contributed by atoms with Crippen molar-refractivity contribution in [3.05, 3.63) is 53.6 Å². The molecule has 0 saturated carbocycles. The fourth-order valence-electron chi connectivity index (χ4n) is 3.14. The Balaban J connectivity index is 1.49. The van der Waals surface area contributed by atoms with Gasteiger partial charge in [0.25, 0.3) is 5.91 Å². The number of halogens is 1. The van der Waals surface area contributed by atoms with Gasteiger partial charge >= 0.3 is 0 Å². The molecule has 154 valence electrons. The molecule has 0 bridgehead atoms. The first-order valence-corrected chi connectivity index (χ1v) is 10.4. The molecule has 0 spiro atoms. The third kappa shape index (κ3) is 6.32. The van der Waals surface area contributed by atoms with Gasteiger partial charge in [-0.1, -0.05) is 36.7 Å². The minimum Gasteiger partial charge on any atom is -0.484 e. The van der Waals surface area contributed by atoms with Crippen LogP contribution in [0.2, 0.25) is 5.02 Å². The quantitative estimate of drug-likeness (QED) is 0.682. The molecule has 2 aromatic carbocycles. The first-order valence-electron chi connectivity index (χ1n) is 9.60. The molecule has 1 aliphatic heterocycles. The molecule has 3 rings (SSSR count). The summed E-state index contributed by atoms with van der Waals surface area (Å²) in [6.07, 6.45) is 0. The standard InChI is InChI=1S/C21H25ClN4O2S/c1-2-25-10-12-26(13-11-25)19-9-8-16(14-18(19)22)23-21(29)24-20(27)15-28-17-6-4-3-5-7-17/h3-9,14H,2,10-13,15H2,1H3,(H2,23,24,27,29). The summed E-state index contributed by atoms with van der Waals surface area (Å²) in [6, 6.07) is 14.9. The highest BCUT2D eigenvalue weighted by Gasteiger charge is 2.18. The van der Waals surface area contributed by atoms with E-state index in [1.165, 1.54) is 0 Å². The van der Waals surface area contributed by atoms with Gasteiger partial charge in [-0.3, -0.25) is 10.1 Å². The number of rotatable bonds is 6. The summed E-state index contributed by atoms with van der Waals surface area (Å²) in [5.41, 5.74) is 1.74. The Bertz CT molecular complexity index is 842. The third-order valence-corrected chi connectivity index (χ3v) is 5.24. The Hall–Kier alpha value is -2.35. The molecule has 0 radical (unpaired) electrons. The topological polar surface area (TPSA) is 56.8 Å². The van der Waals surface area contributed by atoms with Crippen molar-refractivity contribution in [2.45, 2.75) is 6.92 Å². The van der Waals surface area contributed by atoms with Crippen LogP contribution in [0.5, 0.6) is 5.75 Å². The van der Waals surface area contributed by atoms with Gasteiger partial charge in [-0.05, 0) is 49.1 Å². The zero-order valence-electron chi connectivity index (χ0n) is 16.4. The van der Waals surface area contributed by atoms with E-state index in [9.17, 15) is 4.79 Å². The van der Waals surface area contributed by atoms with Crippen molar-refractivity contribution in [3.8, 4) is 5.75 Å². The lowest BCUT2D eigenvalue weighted by Crippen LogP contribution is -2.46. The molecule has 2 N–H and O–H groups in total. The van der Waals surface area contributed by atoms with Crippen molar-refractivity contribution in [1.29, 1.82) is 0 Å². The summed E-state index contributed by atoms with van der Waals surface area (Å²) in [5, 5.41) is 6.45. The summed E-state index contributed by atoms with van der Waals surface area (Å²) >= 11 is 11.7.